The molecule has 0 heterocycles. The van der Waals surface area contributed by atoms with Gasteiger partial charge in [-0.2, -0.15) is 0 Å². The molecule has 0 fully saturated rings. The van der Waals surface area contributed by atoms with Crippen molar-refractivity contribution in [2.75, 3.05) is 0 Å². The summed E-state index contributed by atoms with van der Waals surface area (Å²) in [4.78, 5) is 0. The van der Waals surface area contributed by atoms with Crippen LogP contribution in [0, 0.1) is 30.6 Å². The maximum Gasteiger partial charge on any atom is 0.0676 e. The van der Waals surface area contributed by atoms with Gasteiger partial charge < -0.3 is 0 Å². The van der Waals surface area contributed by atoms with E-state index in [0.29, 0.717) is 23.7 Å². The van der Waals surface area contributed by atoms with Crippen molar-refractivity contribution in [2.45, 2.75) is 50.9 Å². The first-order valence-electron chi connectivity index (χ1n) is 23.7. The van der Waals surface area contributed by atoms with E-state index in [-0.39, 0.29) is 5.41 Å². The summed E-state index contributed by atoms with van der Waals surface area (Å²) in [6.07, 6.45) is 51.3. The predicted octanol–water partition coefficient (Wildman–Crippen LogP) is 14.0. The first-order valence-corrected chi connectivity index (χ1v) is 23.7. The number of hydrogen-bond acceptors (Lipinski definition) is 0. The molecule has 4 aromatic carbocycles. The highest BCUT2D eigenvalue weighted by atomic mass is 14.5. The van der Waals surface area contributed by atoms with Crippen molar-refractivity contribution in [3.63, 3.8) is 0 Å². The SMILES string of the molecule is Cc1ccc(C2(C3=CC=C(C4=c5ccccc5=C(C5=CC=C(C=CC6=CC=C(C7=CC=CC8C=CC=CC78)CC6)CC5)C5C=CC=CC45)CC3)c3ccccc3-c3ccccc32)cc1. The van der Waals surface area contributed by atoms with Gasteiger partial charge in [-0.05, 0) is 128 Å². The second kappa shape index (κ2) is 16.1. The minimum absolute atomic E-state index is 0.300. The molecular formula is C64H54. The molecule has 0 radical (unpaired) electrons. The average Bonchev–Trinajstić information content (AvgIpc) is 3.66. The molecule has 0 heteroatoms. The van der Waals surface area contributed by atoms with Crippen molar-refractivity contribution in [1.29, 1.82) is 0 Å². The number of fused-ring (bicyclic) bond motifs is 6. The molecule has 0 saturated heterocycles. The third-order valence-electron chi connectivity index (χ3n) is 15.5. The molecule has 0 amide bonds. The number of aryl methyl sites for hydroxylation is 1. The molecule has 0 spiro atoms. The summed E-state index contributed by atoms with van der Waals surface area (Å²) >= 11 is 0. The van der Waals surface area contributed by atoms with Crippen molar-refractivity contribution in [2.24, 2.45) is 23.7 Å². The topological polar surface area (TPSA) is 0 Å². The predicted molar refractivity (Wildman–Crippen MR) is 269 cm³/mol. The Morgan fingerprint density at radius 3 is 1.53 bits per heavy atom. The average molecular weight is 823 g/mol. The van der Waals surface area contributed by atoms with E-state index >= 15 is 0 Å². The smallest absolute Gasteiger partial charge is 0.0676 e. The van der Waals surface area contributed by atoms with E-state index in [0.717, 1.165) is 38.5 Å². The molecule has 8 aliphatic rings. The van der Waals surface area contributed by atoms with Crippen LogP contribution in [0.3, 0.4) is 0 Å². The molecule has 0 aliphatic heterocycles. The van der Waals surface area contributed by atoms with Gasteiger partial charge in [0.25, 0.3) is 0 Å². The van der Waals surface area contributed by atoms with Crippen LogP contribution in [0.4, 0.5) is 0 Å². The highest BCUT2D eigenvalue weighted by Crippen LogP contribution is 2.58. The molecule has 0 saturated carbocycles. The lowest BCUT2D eigenvalue weighted by Crippen LogP contribution is -2.41. The Morgan fingerprint density at radius 2 is 0.953 bits per heavy atom. The van der Waals surface area contributed by atoms with Gasteiger partial charge in [0.1, 0.15) is 0 Å². The fourth-order valence-corrected chi connectivity index (χ4v) is 12.4. The molecule has 8 aliphatic carbocycles. The first kappa shape index (κ1) is 38.9. The molecule has 64 heavy (non-hydrogen) atoms. The second-order valence-electron chi connectivity index (χ2n) is 18.9. The van der Waals surface area contributed by atoms with Gasteiger partial charge in [-0.25, -0.2) is 0 Å². The van der Waals surface area contributed by atoms with E-state index in [2.05, 4.69) is 219 Å². The summed E-state index contributed by atoms with van der Waals surface area (Å²) in [7, 11) is 0. The largest absolute Gasteiger partial charge is 0.0767 e. The van der Waals surface area contributed by atoms with Gasteiger partial charge >= 0.3 is 0 Å². The van der Waals surface area contributed by atoms with Gasteiger partial charge in [0.05, 0.1) is 5.41 Å². The molecular weight excluding hydrogens is 769 g/mol. The van der Waals surface area contributed by atoms with Crippen LogP contribution in [0.5, 0.6) is 0 Å². The van der Waals surface area contributed by atoms with Crippen LogP contribution in [0.25, 0.3) is 22.3 Å². The standard InChI is InChI=1S/C64H54/c1-43-25-39-50(40-26-43)64(60-23-10-8-16-54(60)55-17-9-11-24-61(55)64)51-41-37-49(38-42-51)63-58-20-6-4-18-56(58)62(57-19-5-7-21-59(57)63)48-35-31-45(32-36-48)28-27-44-29-33-47(34-30-44)53-22-12-14-46-13-2-3-15-52(46)53/h2-29,31,33,35,37,39-41,46,52,56,58H,30,32,34,36,38,42H2,1H3. The Kier molecular flexibility index (Phi) is 9.78. The van der Waals surface area contributed by atoms with E-state index in [4.69, 9.17) is 0 Å². The zero-order valence-corrected chi connectivity index (χ0v) is 36.8. The molecule has 0 nitrogen and oxygen atoms in total. The number of benzene rings is 4. The minimum Gasteiger partial charge on any atom is -0.0767 e. The van der Waals surface area contributed by atoms with E-state index in [1.165, 1.54) is 94.0 Å². The van der Waals surface area contributed by atoms with Crippen molar-refractivity contribution in [3.05, 3.63) is 284 Å². The van der Waals surface area contributed by atoms with Crippen LogP contribution < -0.4 is 10.4 Å². The van der Waals surface area contributed by atoms with E-state index in [1.807, 2.05) is 0 Å². The highest BCUT2D eigenvalue weighted by Gasteiger charge is 2.47. The van der Waals surface area contributed by atoms with Crippen molar-refractivity contribution >= 4 is 11.1 Å². The van der Waals surface area contributed by atoms with Crippen LogP contribution in [-0.4, -0.2) is 0 Å². The Hall–Kier alpha value is -6.76. The number of allylic oxidation sites excluding steroid dienone is 26. The number of rotatable bonds is 7. The Bertz CT molecular complexity index is 3110. The lowest BCUT2D eigenvalue weighted by Gasteiger charge is -2.39. The quantitative estimate of drug-likeness (QED) is 0.174. The Balaban J connectivity index is 0.893. The summed E-state index contributed by atoms with van der Waals surface area (Å²) in [5, 5.41) is 2.82. The zero-order valence-electron chi connectivity index (χ0n) is 36.8. The van der Waals surface area contributed by atoms with Crippen LogP contribution >= 0.6 is 0 Å². The van der Waals surface area contributed by atoms with Crippen LogP contribution in [0.15, 0.2) is 252 Å². The van der Waals surface area contributed by atoms with Gasteiger partial charge in [-0.1, -0.05) is 224 Å². The van der Waals surface area contributed by atoms with Crippen molar-refractivity contribution in [1.82, 2.24) is 0 Å². The first-order chi connectivity index (χ1) is 31.6. The molecule has 0 bridgehead atoms. The van der Waals surface area contributed by atoms with Gasteiger partial charge in [-0.15, -0.1) is 0 Å². The summed E-state index contributed by atoms with van der Waals surface area (Å²) in [5.41, 5.74) is 21.1. The van der Waals surface area contributed by atoms with Crippen LogP contribution in [-0.2, 0) is 5.41 Å². The van der Waals surface area contributed by atoms with Crippen LogP contribution in [0.2, 0.25) is 0 Å². The normalized spacial score (nSPS) is 24.6. The maximum absolute atomic E-state index is 2.51. The fourth-order valence-electron chi connectivity index (χ4n) is 12.4. The molecule has 4 atom stereocenters. The molecule has 12 rings (SSSR count). The molecule has 4 unspecified atom stereocenters. The molecule has 0 aromatic heterocycles. The molecule has 0 N–H and O–H groups in total. The van der Waals surface area contributed by atoms with Gasteiger partial charge in [0, 0.05) is 23.7 Å². The third kappa shape index (κ3) is 6.41. The van der Waals surface area contributed by atoms with Crippen molar-refractivity contribution < 1.29 is 0 Å². The summed E-state index contributed by atoms with van der Waals surface area (Å²) in [5.74, 6) is 1.57. The summed E-state index contributed by atoms with van der Waals surface area (Å²) < 4.78 is 0. The maximum atomic E-state index is 2.51. The summed E-state index contributed by atoms with van der Waals surface area (Å²) in [6, 6.07) is 36.9. The summed E-state index contributed by atoms with van der Waals surface area (Å²) in [6.45, 7) is 2.19. The van der Waals surface area contributed by atoms with E-state index < -0.39 is 0 Å². The Morgan fingerprint density at radius 1 is 0.438 bits per heavy atom. The van der Waals surface area contributed by atoms with Crippen LogP contribution in [0.1, 0.15) is 60.8 Å². The molecule has 4 aromatic rings. The van der Waals surface area contributed by atoms with Crippen molar-refractivity contribution in [3.8, 4) is 11.1 Å². The lowest BCUT2D eigenvalue weighted by molar-refractivity contribution is 0.622. The highest BCUT2D eigenvalue weighted by molar-refractivity contribution is 5.87. The van der Waals surface area contributed by atoms with Gasteiger partial charge in [0.2, 0.25) is 0 Å². The number of hydrogen-bond donors (Lipinski definition) is 0. The fraction of sp³-hybridized carbons (Fsp3) is 0.188. The van der Waals surface area contributed by atoms with E-state index in [1.54, 1.807) is 0 Å². The van der Waals surface area contributed by atoms with Gasteiger partial charge in [0.15, 0.2) is 0 Å². The van der Waals surface area contributed by atoms with Gasteiger partial charge in [-0.3, -0.25) is 0 Å². The third-order valence-corrected chi connectivity index (χ3v) is 15.5. The lowest BCUT2D eigenvalue weighted by atomic mass is 9.63. The van der Waals surface area contributed by atoms with E-state index in [9.17, 15) is 0 Å². The minimum atomic E-state index is -0.322. The zero-order chi connectivity index (χ0) is 42.6. The monoisotopic (exact) mass is 822 g/mol. The Labute approximate surface area is 379 Å². The second-order valence-corrected chi connectivity index (χ2v) is 18.9. The molecule has 310 valence electrons.